The molecular formula is C10H18N2O4S. The highest BCUT2D eigenvalue weighted by Gasteiger charge is 2.35. The lowest BCUT2D eigenvalue weighted by Gasteiger charge is -2.19. The summed E-state index contributed by atoms with van der Waals surface area (Å²) in [5.41, 5.74) is 0. The molecular weight excluding hydrogens is 244 g/mol. The maximum Gasteiger partial charge on any atom is 0.230 e. The molecule has 0 rings (SSSR count). The third-order valence-electron chi connectivity index (χ3n) is 2.22. The lowest BCUT2D eigenvalue weighted by Crippen LogP contribution is -2.40. The minimum atomic E-state index is -3.80. The Morgan fingerprint density at radius 1 is 1.53 bits per heavy atom. The maximum atomic E-state index is 11.8. The lowest BCUT2D eigenvalue weighted by atomic mass is 9.96. The molecule has 1 unspecified atom stereocenters. The highest BCUT2D eigenvalue weighted by molar-refractivity contribution is 8.06. The second-order valence-corrected chi connectivity index (χ2v) is 5.83. The van der Waals surface area contributed by atoms with Crippen LogP contribution in [-0.4, -0.2) is 37.4 Å². The smallest absolute Gasteiger partial charge is 0.230 e. The summed E-state index contributed by atoms with van der Waals surface area (Å²) >= 11 is 0. The summed E-state index contributed by atoms with van der Waals surface area (Å²) in [6.07, 6.45) is 1.18. The molecule has 0 bridgehead atoms. The van der Waals surface area contributed by atoms with Gasteiger partial charge in [0, 0.05) is 7.05 Å². The Morgan fingerprint density at radius 3 is 2.35 bits per heavy atom. The van der Waals surface area contributed by atoms with Crippen LogP contribution in [0.5, 0.6) is 0 Å². The monoisotopic (exact) mass is 262 g/mol. The average molecular weight is 262 g/mol. The van der Waals surface area contributed by atoms with E-state index in [0.29, 0.717) is 0 Å². The topological polar surface area (TPSA) is 95.8 Å². The standard InChI is InChI=1S/C10H18N2O4S/c1-5-6-17(15,16)10(12-14)8(7(2)3)9(13)11-4/h5,7-8,14H,1,6H2,2-4H3,(H,11,13). The van der Waals surface area contributed by atoms with E-state index in [-0.39, 0.29) is 11.7 Å². The molecule has 0 aliphatic rings. The van der Waals surface area contributed by atoms with Gasteiger partial charge in [-0.15, -0.1) is 6.58 Å². The van der Waals surface area contributed by atoms with Crippen LogP contribution in [-0.2, 0) is 14.6 Å². The van der Waals surface area contributed by atoms with Gasteiger partial charge in [0.1, 0.15) is 0 Å². The third-order valence-corrected chi connectivity index (χ3v) is 3.86. The molecule has 1 atom stereocenters. The van der Waals surface area contributed by atoms with E-state index in [9.17, 15) is 13.2 Å². The van der Waals surface area contributed by atoms with Crippen LogP contribution in [0.25, 0.3) is 0 Å². The number of carbonyl (C=O) groups is 1. The first-order valence-electron chi connectivity index (χ1n) is 5.09. The first kappa shape index (κ1) is 15.6. The fraction of sp³-hybridized carbons (Fsp3) is 0.600. The number of nitrogens with zero attached hydrogens (tertiary/aromatic N) is 1. The van der Waals surface area contributed by atoms with Crippen LogP contribution >= 0.6 is 0 Å². The second kappa shape index (κ2) is 6.39. The van der Waals surface area contributed by atoms with Gasteiger partial charge < -0.3 is 10.5 Å². The zero-order chi connectivity index (χ0) is 13.6. The van der Waals surface area contributed by atoms with Crippen molar-refractivity contribution in [2.45, 2.75) is 13.8 Å². The van der Waals surface area contributed by atoms with E-state index in [1.54, 1.807) is 13.8 Å². The predicted molar refractivity (Wildman–Crippen MR) is 65.6 cm³/mol. The highest BCUT2D eigenvalue weighted by atomic mass is 32.2. The van der Waals surface area contributed by atoms with Crippen molar-refractivity contribution in [2.75, 3.05) is 12.8 Å². The molecule has 0 aliphatic carbocycles. The predicted octanol–water partition coefficient (Wildman–Crippen LogP) is 0.393. The number of carbonyl (C=O) groups excluding carboxylic acids is 1. The Labute approximate surface area is 101 Å². The van der Waals surface area contributed by atoms with E-state index in [0.717, 1.165) is 0 Å². The average Bonchev–Trinajstić information content (AvgIpc) is 2.23. The van der Waals surface area contributed by atoms with Gasteiger partial charge in [-0.25, -0.2) is 8.42 Å². The number of hydrogen-bond acceptors (Lipinski definition) is 5. The molecule has 0 saturated heterocycles. The molecule has 0 heterocycles. The minimum absolute atomic E-state index is 0.305. The van der Waals surface area contributed by atoms with Gasteiger partial charge in [-0.2, -0.15) is 0 Å². The largest absolute Gasteiger partial charge is 0.410 e. The van der Waals surface area contributed by atoms with Gasteiger partial charge in [-0.3, -0.25) is 4.79 Å². The quantitative estimate of drug-likeness (QED) is 0.246. The van der Waals surface area contributed by atoms with Gasteiger partial charge in [-0.05, 0) is 5.92 Å². The van der Waals surface area contributed by atoms with E-state index in [4.69, 9.17) is 5.21 Å². The fourth-order valence-corrected chi connectivity index (χ4v) is 2.79. The zero-order valence-corrected chi connectivity index (χ0v) is 11.0. The molecule has 7 heteroatoms. The van der Waals surface area contributed by atoms with Gasteiger partial charge >= 0.3 is 0 Å². The van der Waals surface area contributed by atoms with Gasteiger partial charge in [0.25, 0.3) is 0 Å². The summed E-state index contributed by atoms with van der Waals surface area (Å²) in [6.45, 7) is 6.67. The van der Waals surface area contributed by atoms with Crippen LogP contribution in [0.2, 0.25) is 0 Å². The SMILES string of the molecule is C=CCS(=O)(=O)C(=NO)C(C(=O)NC)C(C)C. The number of sulfone groups is 1. The molecule has 0 spiro atoms. The summed E-state index contributed by atoms with van der Waals surface area (Å²) in [4.78, 5) is 11.6. The molecule has 17 heavy (non-hydrogen) atoms. The first-order valence-corrected chi connectivity index (χ1v) is 6.74. The van der Waals surface area contributed by atoms with Crippen LogP contribution in [0, 0.1) is 11.8 Å². The Balaban J connectivity index is 5.50. The fourth-order valence-electron chi connectivity index (χ4n) is 1.41. The van der Waals surface area contributed by atoms with Crippen molar-refractivity contribution < 1.29 is 18.4 Å². The summed E-state index contributed by atoms with van der Waals surface area (Å²) in [7, 11) is -2.41. The van der Waals surface area contributed by atoms with Crippen molar-refractivity contribution in [3.63, 3.8) is 0 Å². The molecule has 0 radical (unpaired) electrons. The molecule has 0 aromatic carbocycles. The van der Waals surface area contributed by atoms with Crippen LogP contribution in [0.4, 0.5) is 0 Å². The second-order valence-electron chi connectivity index (χ2n) is 3.84. The first-order chi connectivity index (χ1) is 7.81. The van der Waals surface area contributed by atoms with Crippen molar-refractivity contribution in [2.24, 2.45) is 17.0 Å². The van der Waals surface area contributed by atoms with Crippen LogP contribution in [0.3, 0.4) is 0 Å². The molecule has 2 N–H and O–H groups in total. The zero-order valence-electron chi connectivity index (χ0n) is 10.2. The van der Waals surface area contributed by atoms with Gasteiger partial charge in [0.15, 0.2) is 14.9 Å². The summed E-state index contributed by atoms with van der Waals surface area (Å²) < 4.78 is 23.6. The lowest BCUT2D eigenvalue weighted by molar-refractivity contribution is -0.123. The highest BCUT2D eigenvalue weighted by Crippen LogP contribution is 2.17. The molecule has 0 saturated carbocycles. The molecule has 1 amide bonds. The Morgan fingerprint density at radius 2 is 2.06 bits per heavy atom. The minimum Gasteiger partial charge on any atom is -0.410 e. The van der Waals surface area contributed by atoms with Crippen LogP contribution in [0.15, 0.2) is 17.8 Å². The summed E-state index contributed by atoms with van der Waals surface area (Å²) in [5, 5.41) is 13.5. The summed E-state index contributed by atoms with van der Waals surface area (Å²) in [5.74, 6) is -2.18. The van der Waals surface area contributed by atoms with E-state index in [2.05, 4.69) is 17.1 Å². The Kier molecular flexibility index (Phi) is 5.87. The molecule has 0 fully saturated rings. The molecule has 6 nitrogen and oxygen atoms in total. The number of oxime groups is 1. The third kappa shape index (κ3) is 3.85. The Bertz CT molecular complexity index is 412. The molecule has 98 valence electrons. The van der Waals surface area contributed by atoms with Crippen molar-refractivity contribution in [1.29, 1.82) is 0 Å². The van der Waals surface area contributed by atoms with Crippen LogP contribution in [0.1, 0.15) is 13.8 Å². The van der Waals surface area contributed by atoms with E-state index < -0.39 is 26.7 Å². The van der Waals surface area contributed by atoms with Crippen molar-refractivity contribution in [3.05, 3.63) is 12.7 Å². The maximum absolute atomic E-state index is 11.8. The Hall–Kier alpha value is -1.37. The van der Waals surface area contributed by atoms with Crippen LogP contribution < -0.4 is 5.32 Å². The molecule has 0 aromatic heterocycles. The number of hydrogen-bond donors (Lipinski definition) is 2. The van der Waals surface area contributed by atoms with E-state index in [1.165, 1.54) is 13.1 Å². The van der Waals surface area contributed by atoms with E-state index >= 15 is 0 Å². The number of amides is 1. The van der Waals surface area contributed by atoms with Crippen molar-refractivity contribution in [3.8, 4) is 0 Å². The summed E-state index contributed by atoms with van der Waals surface area (Å²) in [6, 6.07) is 0. The van der Waals surface area contributed by atoms with Gasteiger partial charge in [0.2, 0.25) is 5.91 Å². The van der Waals surface area contributed by atoms with Crippen molar-refractivity contribution in [1.82, 2.24) is 5.32 Å². The number of nitrogens with one attached hydrogen (secondary N) is 1. The van der Waals surface area contributed by atoms with Gasteiger partial charge in [0.05, 0.1) is 11.7 Å². The number of rotatable bonds is 5. The van der Waals surface area contributed by atoms with Gasteiger partial charge in [-0.1, -0.05) is 25.1 Å². The molecule has 0 aromatic rings. The molecule has 0 aliphatic heterocycles. The van der Waals surface area contributed by atoms with Crippen molar-refractivity contribution >= 4 is 20.8 Å². The normalized spacial score (nSPS) is 14.5. The van der Waals surface area contributed by atoms with E-state index in [1.807, 2.05) is 0 Å².